The number of rotatable bonds is 3. The third-order valence-corrected chi connectivity index (χ3v) is 1.20. The first kappa shape index (κ1) is 10.4. The van der Waals surface area contributed by atoms with Crippen LogP contribution in [0.3, 0.4) is 0 Å². The maximum atomic E-state index is 11.0. The van der Waals surface area contributed by atoms with Gasteiger partial charge >= 0.3 is 5.97 Å². The average molecular weight is 166 g/mol. The molecule has 64 valence electrons. The summed E-state index contributed by atoms with van der Waals surface area (Å²) in [5, 5.41) is 8.46. The zero-order chi connectivity index (χ0) is 9.56. The fraction of sp³-hybridized carbons (Fsp3) is 0.375. The molecule has 0 aromatic rings. The summed E-state index contributed by atoms with van der Waals surface area (Å²) < 4.78 is 4.65. The SMILES string of the molecule is C=NC(C#N)=C(C)C(=O)OCC. The van der Waals surface area contributed by atoms with Crippen molar-refractivity contribution in [2.75, 3.05) is 6.61 Å². The Balaban J connectivity index is 4.65. The largest absolute Gasteiger partial charge is 0.463 e. The van der Waals surface area contributed by atoms with Gasteiger partial charge in [0.05, 0.1) is 12.2 Å². The Bertz CT molecular complexity index is 261. The van der Waals surface area contributed by atoms with E-state index in [1.807, 2.05) is 0 Å². The number of carbonyl (C=O) groups excluding carboxylic acids is 1. The maximum Gasteiger partial charge on any atom is 0.336 e. The lowest BCUT2D eigenvalue weighted by atomic mass is 10.2. The Labute approximate surface area is 71.2 Å². The van der Waals surface area contributed by atoms with Gasteiger partial charge in [0.1, 0.15) is 11.8 Å². The summed E-state index contributed by atoms with van der Waals surface area (Å²) in [6.45, 7) is 6.61. The van der Waals surface area contributed by atoms with E-state index < -0.39 is 5.97 Å². The van der Waals surface area contributed by atoms with Crippen LogP contribution in [0.4, 0.5) is 0 Å². The van der Waals surface area contributed by atoms with Crippen LogP contribution in [-0.2, 0) is 9.53 Å². The molecule has 0 amide bonds. The van der Waals surface area contributed by atoms with Gasteiger partial charge < -0.3 is 4.74 Å². The Hall–Kier alpha value is -1.63. The Morgan fingerprint density at radius 2 is 2.33 bits per heavy atom. The van der Waals surface area contributed by atoms with Gasteiger partial charge in [-0.25, -0.2) is 4.79 Å². The van der Waals surface area contributed by atoms with Gasteiger partial charge in [0.25, 0.3) is 0 Å². The molecule has 0 unspecified atom stereocenters. The lowest BCUT2D eigenvalue weighted by Gasteiger charge is -2.00. The lowest BCUT2D eigenvalue weighted by Crippen LogP contribution is -2.06. The van der Waals surface area contributed by atoms with Crippen LogP contribution in [0.15, 0.2) is 16.3 Å². The number of hydrogen-bond donors (Lipinski definition) is 0. The van der Waals surface area contributed by atoms with Gasteiger partial charge in [0.2, 0.25) is 0 Å². The van der Waals surface area contributed by atoms with Gasteiger partial charge in [-0.3, -0.25) is 4.99 Å². The van der Waals surface area contributed by atoms with Crippen LogP contribution in [0.5, 0.6) is 0 Å². The van der Waals surface area contributed by atoms with Crippen LogP contribution in [0.1, 0.15) is 13.8 Å². The van der Waals surface area contributed by atoms with E-state index in [2.05, 4.69) is 16.4 Å². The molecule has 0 saturated heterocycles. The van der Waals surface area contributed by atoms with Crippen molar-refractivity contribution in [1.82, 2.24) is 0 Å². The number of nitriles is 1. The quantitative estimate of drug-likeness (QED) is 0.272. The van der Waals surface area contributed by atoms with E-state index >= 15 is 0 Å². The molecule has 0 aliphatic rings. The summed E-state index contributed by atoms with van der Waals surface area (Å²) in [6.07, 6.45) is 0. The van der Waals surface area contributed by atoms with Crippen molar-refractivity contribution in [3.8, 4) is 6.07 Å². The first-order valence-electron chi connectivity index (χ1n) is 3.42. The molecule has 0 atom stereocenters. The van der Waals surface area contributed by atoms with Crippen molar-refractivity contribution in [2.45, 2.75) is 13.8 Å². The van der Waals surface area contributed by atoms with E-state index in [0.717, 1.165) is 0 Å². The molecule has 0 aromatic heterocycles. The highest BCUT2D eigenvalue weighted by Gasteiger charge is 2.09. The molecule has 4 heteroatoms. The number of aliphatic imine (C=N–C) groups is 1. The van der Waals surface area contributed by atoms with E-state index in [-0.39, 0.29) is 17.9 Å². The van der Waals surface area contributed by atoms with Crippen LogP contribution in [0, 0.1) is 11.3 Å². The zero-order valence-electron chi connectivity index (χ0n) is 7.13. The van der Waals surface area contributed by atoms with Gasteiger partial charge in [-0.05, 0) is 20.6 Å². The van der Waals surface area contributed by atoms with E-state index in [4.69, 9.17) is 5.26 Å². The van der Waals surface area contributed by atoms with E-state index in [1.165, 1.54) is 6.92 Å². The first-order chi connectivity index (χ1) is 5.67. The molecule has 0 aliphatic carbocycles. The first-order valence-corrected chi connectivity index (χ1v) is 3.42. The van der Waals surface area contributed by atoms with Crippen molar-refractivity contribution in [1.29, 1.82) is 5.26 Å². The van der Waals surface area contributed by atoms with Crippen molar-refractivity contribution >= 4 is 12.7 Å². The number of hydrogen-bond acceptors (Lipinski definition) is 4. The van der Waals surface area contributed by atoms with Crippen molar-refractivity contribution in [2.24, 2.45) is 4.99 Å². The summed E-state index contributed by atoms with van der Waals surface area (Å²) in [6, 6.07) is 1.74. The van der Waals surface area contributed by atoms with Crippen LogP contribution in [0.2, 0.25) is 0 Å². The molecular weight excluding hydrogens is 156 g/mol. The standard InChI is InChI=1S/C8H10N2O2/c1-4-12-8(11)6(2)7(5-9)10-3/h3-4H2,1-2H3. The van der Waals surface area contributed by atoms with Crippen LogP contribution < -0.4 is 0 Å². The van der Waals surface area contributed by atoms with Crippen LogP contribution in [-0.4, -0.2) is 19.3 Å². The van der Waals surface area contributed by atoms with Crippen LogP contribution >= 0.6 is 0 Å². The van der Waals surface area contributed by atoms with E-state index in [1.54, 1.807) is 13.0 Å². The molecule has 12 heavy (non-hydrogen) atoms. The smallest absolute Gasteiger partial charge is 0.336 e. The fourth-order valence-electron chi connectivity index (χ4n) is 0.574. The minimum Gasteiger partial charge on any atom is -0.463 e. The van der Waals surface area contributed by atoms with Gasteiger partial charge in [-0.2, -0.15) is 5.26 Å². The minimum absolute atomic E-state index is 0.00782. The van der Waals surface area contributed by atoms with Crippen molar-refractivity contribution < 1.29 is 9.53 Å². The molecule has 4 nitrogen and oxygen atoms in total. The second-order valence-corrected chi connectivity index (χ2v) is 1.96. The number of nitrogens with zero attached hydrogens (tertiary/aromatic N) is 2. The highest BCUT2D eigenvalue weighted by molar-refractivity contribution is 5.89. The summed E-state index contributed by atoms with van der Waals surface area (Å²) in [5.74, 6) is -0.526. The molecule has 0 radical (unpaired) electrons. The van der Waals surface area contributed by atoms with Crippen molar-refractivity contribution in [3.63, 3.8) is 0 Å². The molecule has 0 bridgehead atoms. The molecule has 0 N–H and O–H groups in total. The van der Waals surface area contributed by atoms with Crippen molar-refractivity contribution in [3.05, 3.63) is 11.3 Å². The van der Waals surface area contributed by atoms with Gasteiger partial charge in [-0.1, -0.05) is 0 Å². The second kappa shape index (κ2) is 5.08. The number of allylic oxidation sites excluding steroid dienone is 1. The van der Waals surface area contributed by atoms with Gasteiger partial charge in [-0.15, -0.1) is 0 Å². The topological polar surface area (TPSA) is 62.5 Å². The monoisotopic (exact) mass is 166 g/mol. The number of carbonyl (C=O) groups is 1. The van der Waals surface area contributed by atoms with Crippen LogP contribution in [0.25, 0.3) is 0 Å². The summed E-state index contributed by atoms with van der Waals surface area (Å²) in [5.41, 5.74) is 0.197. The molecule has 0 rings (SSSR count). The molecule has 0 heterocycles. The van der Waals surface area contributed by atoms with E-state index in [9.17, 15) is 4.79 Å². The molecule has 0 aromatic carbocycles. The summed E-state index contributed by atoms with van der Waals surface area (Å²) in [7, 11) is 0. The highest BCUT2D eigenvalue weighted by Crippen LogP contribution is 2.05. The van der Waals surface area contributed by atoms with E-state index in [0.29, 0.717) is 0 Å². The Morgan fingerprint density at radius 1 is 1.75 bits per heavy atom. The van der Waals surface area contributed by atoms with Gasteiger partial charge in [0.15, 0.2) is 0 Å². The molecule has 0 spiro atoms. The Kier molecular flexibility index (Phi) is 4.39. The molecule has 0 aliphatic heterocycles. The Morgan fingerprint density at radius 3 is 2.67 bits per heavy atom. The fourth-order valence-corrected chi connectivity index (χ4v) is 0.574. The predicted molar refractivity (Wildman–Crippen MR) is 44.5 cm³/mol. The molecule has 0 saturated carbocycles. The maximum absolute atomic E-state index is 11.0. The molecule has 0 fully saturated rings. The predicted octanol–water partition coefficient (Wildman–Crippen LogP) is 1.05. The number of ether oxygens (including phenoxy) is 1. The lowest BCUT2D eigenvalue weighted by molar-refractivity contribution is -0.138. The minimum atomic E-state index is -0.526. The third kappa shape index (κ3) is 2.54. The zero-order valence-corrected chi connectivity index (χ0v) is 7.13. The van der Waals surface area contributed by atoms with Gasteiger partial charge in [0, 0.05) is 0 Å². The summed E-state index contributed by atoms with van der Waals surface area (Å²) >= 11 is 0. The second-order valence-electron chi connectivity index (χ2n) is 1.96. The molecular formula is C8H10N2O2. The normalized spacial score (nSPS) is 11.1. The highest BCUT2D eigenvalue weighted by atomic mass is 16.5. The average Bonchev–Trinajstić information content (AvgIpc) is 2.07. The third-order valence-electron chi connectivity index (χ3n) is 1.20. The number of esters is 1. The summed E-state index contributed by atoms with van der Waals surface area (Å²) in [4.78, 5) is 14.4.